The van der Waals surface area contributed by atoms with E-state index < -0.39 is 17.3 Å². The quantitative estimate of drug-likeness (QED) is 0.786. The molecule has 1 aliphatic carbocycles. The number of hydrogen-bond donors (Lipinski definition) is 2. The molecule has 2 N–H and O–H groups in total. The van der Waals surface area contributed by atoms with E-state index in [0.717, 1.165) is 24.7 Å². The molecule has 0 radical (unpaired) electrons. The minimum Gasteiger partial charge on any atom is -0.481 e. The molecule has 0 aromatic rings. The summed E-state index contributed by atoms with van der Waals surface area (Å²) in [5, 5.41) is 12.2. The van der Waals surface area contributed by atoms with E-state index in [-0.39, 0.29) is 12.5 Å². The van der Waals surface area contributed by atoms with E-state index in [9.17, 15) is 14.7 Å². The molecule has 1 rings (SSSR count). The van der Waals surface area contributed by atoms with Crippen LogP contribution >= 0.6 is 0 Å². The summed E-state index contributed by atoms with van der Waals surface area (Å²) in [6.07, 6.45) is 5.36. The van der Waals surface area contributed by atoms with Gasteiger partial charge in [-0.25, -0.2) is 0 Å². The van der Waals surface area contributed by atoms with Gasteiger partial charge in [-0.1, -0.05) is 47.5 Å². The smallest absolute Gasteiger partial charge is 0.308 e. The number of nitrogens with one attached hydrogen (secondary N) is 1. The van der Waals surface area contributed by atoms with Gasteiger partial charge in [-0.2, -0.15) is 0 Å². The number of carbonyl (C=O) groups is 2. The second-order valence-corrected chi connectivity index (χ2v) is 8.26. The van der Waals surface area contributed by atoms with Crippen LogP contribution in [0, 0.1) is 29.1 Å². The molecule has 4 nitrogen and oxygen atoms in total. The van der Waals surface area contributed by atoms with Crippen LogP contribution in [-0.2, 0) is 9.59 Å². The van der Waals surface area contributed by atoms with Crippen molar-refractivity contribution < 1.29 is 14.7 Å². The van der Waals surface area contributed by atoms with Gasteiger partial charge >= 0.3 is 5.97 Å². The number of aliphatic carboxylic acids is 1. The molecule has 0 aromatic carbocycles. The summed E-state index contributed by atoms with van der Waals surface area (Å²) in [6, 6.07) is 0. The Labute approximate surface area is 135 Å². The number of carboxylic acids is 1. The predicted molar refractivity (Wildman–Crippen MR) is 88.5 cm³/mol. The summed E-state index contributed by atoms with van der Waals surface area (Å²) < 4.78 is 0. The topological polar surface area (TPSA) is 66.4 Å². The molecular formula is C18H33NO3. The van der Waals surface area contributed by atoms with Crippen LogP contribution in [0.2, 0.25) is 0 Å². The summed E-state index contributed by atoms with van der Waals surface area (Å²) >= 11 is 0. The second-order valence-electron chi connectivity index (χ2n) is 8.26. The van der Waals surface area contributed by atoms with Gasteiger partial charge in [-0.3, -0.25) is 9.59 Å². The lowest BCUT2D eigenvalue weighted by Gasteiger charge is -2.32. The lowest BCUT2D eigenvalue weighted by atomic mass is 9.74. The molecule has 1 unspecified atom stereocenters. The van der Waals surface area contributed by atoms with Gasteiger partial charge in [0.2, 0.25) is 5.91 Å². The van der Waals surface area contributed by atoms with Crippen LogP contribution < -0.4 is 5.32 Å². The SMILES string of the molecule is CC(C)C1CCC(CC(CNC(=O)C(C)(C)C)C(=O)O)CC1. The molecule has 1 saturated carbocycles. The van der Waals surface area contributed by atoms with Gasteiger partial charge < -0.3 is 10.4 Å². The monoisotopic (exact) mass is 311 g/mol. The van der Waals surface area contributed by atoms with Crippen molar-refractivity contribution in [2.45, 2.75) is 66.7 Å². The minimum atomic E-state index is -0.791. The van der Waals surface area contributed by atoms with Gasteiger partial charge in [0.15, 0.2) is 0 Å². The Hall–Kier alpha value is -1.06. The molecule has 0 aromatic heterocycles. The summed E-state index contributed by atoms with van der Waals surface area (Å²) in [5.41, 5.74) is -0.474. The zero-order valence-electron chi connectivity index (χ0n) is 14.8. The van der Waals surface area contributed by atoms with E-state index in [1.165, 1.54) is 12.8 Å². The highest BCUT2D eigenvalue weighted by molar-refractivity contribution is 5.82. The first-order valence-corrected chi connectivity index (χ1v) is 8.62. The van der Waals surface area contributed by atoms with E-state index >= 15 is 0 Å². The summed E-state index contributed by atoms with van der Waals surface area (Å²) in [7, 11) is 0. The Kier molecular flexibility index (Phi) is 6.89. The predicted octanol–water partition coefficient (Wildman–Crippen LogP) is 3.70. The Balaban J connectivity index is 2.46. The van der Waals surface area contributed by atoms with Crippen LogP contribution in [0.1, 0.15) is 66.7 Å². The average molecular weight is 311 g/mol. The van der Waals surface area contributed by atoms with E-state index in [2.05, 4.69) is 19.2 Å². The first-order chi connectivity index (χ1) is 10.1. The molecule has 128 valence electrons. The lowest BCUT2D eigenvalue weighted by molar-refractivity contribution is -0.142. The fourth-order valence-electron chi connectivity index (χ4n) is 3.25. The van der Waals surface area contributed by atoms with Crippen LogP contribution in [0.3, 0.4) is 0 Å². The first-order valence-electron chi connectivity index (χ1n) is 8.62. The third-order valence-electron chi connectivity index (χ3n) is 4.99. The van der Waals surface area contributed by atoms with E-state index in [1.54, 1.807) is 0 Å². The van der Waals surface area contributed by atoms with Gasteiger partial charge in [-0.15, -0.1) is 0 Å². The van der Waals surface area contributed by atoms with Gasteiger partial charge in [0, 0.05) is 12.0 Å². The van der Waals surface area contributed by atoms with Crippen molar-refractivity contribution in [3.05, 3.63) is 0 Å². The highest BCUT2D eigenvalue weighted by Crippen LogP contribution is 2.36. The van der Waals surface area contributed by atoms with Crippen LogP contribution in [-0.4, -0.2) is 23.5 Å². The largest absolute Gasteiger partial charge is 0.481 e. The third-order valence-corrected chi connectivity index (χ3v) is 4.99. The first kappa shape index (κ1) is 19.0. The summed E-state index contributed by atoms with van der Waals surface area (Å²) in [5.74, 6) is 0.666. The molecule has 1 atom stereocenters. The number of hydrogen-bond acceptors (Lipinski definition) is 2. The highest BCUT2D eigenvalue weighted by atomic mass is 16.4. The molecular weight excluding hydrogens is 278 g/mol. The van der Waals surface area contributed by atoms with Gasteiger partial charge in [0.25, 0.3) is 0 Å². The van der Waals surface area contributed by atoms with Gasteiger partial charge in [-0.05, 0) is 37.0 Å². The second kappa shape index (κ2) is 7.98. The third kappa shape index (κ3) is 5.98. The zero-order valence-corrected chi connectivity index (χ0v) is 14.8. The van der Waals surface area contributed by atoms with Crippen molar-refractivity contribution in [1.82, 2.24) is 5.32 Å². The van der Waals surface area contributed by atoms with Crippen molar-refractivity contribution in [3.8, 4) is 0 Å². The van der Waals surface area contributed by atoms with Crippen LogP contribution in [0.4, 0.5) is 0 Å². The lowest BCUT2D eigenvalue weighted by Crippen LogP contribution is -2.40. The maximum absolute atomic E-state index is 11.9. The van der Waals surface area contributed by atoms with Crippen molar-refractivity contribution in [1.29, 1.82) is 0 Å². The number of rotatable bonds is 6. The fourth-order valence-corrected chi connectivity index (χ4v) is 3.25. The van der Waals surface area contributed by atoms with Gasteiger partial charge in [0.05, 0.1) is 5.92 Å². The summed E-state index contributed by atoms with van der Waals surface area (Å²) in [4.78, 5) is 23.4. The molecule has 1 amide bonds. The molecule has 0 aliphatic heterocycles. The van der Waals surface area contributed by atoms with E-state index in [4.69, 9.17) is 0 Å². The molecule has 0 saturated heterocycles. The van der Waals surface area contributed by atoms with Crippen molar-refractivity contribution in [2.75, 3.05) is 6.54 Å². The maximum atomic E-state index is 11.9. The zero-order chi connectivity index (χ0) is 16.9. The number of carboxylic acid groups (broad SMARTS) is 1. The van der Waals surface area contributed by atoms with E-state index in [1.807, 2.05) is 20.8 Å². The Morgan fingerprint density at radius 2 is 1.68 bits per heavy atom. The molecule has 0 heterocycles. The molecule has 4 heteroatoms. The molecule has 1 fully saturated rings. The number of carbonyl (C=O) groups excluding carboxylic acids is 1. The molecule has 0 spiro atoms. The summed E-state index contributed by atoms with van der Waals surface area (Å²) in [6.45, 7) is 10.3. The van der Waals surface area contributed by atoms with Gasteiger partial charge in [0.1, 0.15) is 0 Å². The van der Waals surface area contributed by atoms with Crippen LogP contribution in [0.25, 0.3) is 0 Å². The van der Waals surface area contributed by atoms with Crippen molar-refractivity contribution in [3.63, 3.8) is 0 Å². The standard InChI is InChI=1S/C18H33NO3/c1-12(2)14-8-6-13(7-9-14)10-15(16(20)21)11-19-17(22)18(3,4)5/h12-15H,6-11H2,1-5H3,(H,19,22)(H,20,21). The molecule has 0 bridgehead atoms. The minimum absolute atomic E-state index is 0.0812. The fraction of sp³-hybridized carbons (Fsp3) is 0.889. The Morgan fingerprint density at radius 1 is 1.14 bits per heavy atom. The molecule has 1 aliphatic rings. The van der Waals surface area contributed by atoms with Crippen molar-refractivity contribution in [2.24, 2.45) is 29.1 Å². The maximum Gasteiger partial charge on any atom is 0.308 e. The van der Waals surface area contributed by atoms with Crippen LogP contribution in [0.5, 0.6) is 0 Å². The van der Waals surface area contributed by atoms with Crippen molar-refractivity contribution >= 4 is 11.9 Å². The Morgan fingerprint density at radius 3 is 2.09 bits per heavy atom. The van der Waals surface area contributed by atoms with Crippen LogP contribution in [0.15, 0.2) is 0 Å². The average Bonchev–Trinajstić information content (AvgIpc) is 2.42. The number of amides is 1. The normalized spacial score (nSPS) is 24.1. The Bertz CT molecular complexity index is 376. The van der Waals surface area contributed by atoms with E-state index in [0.29, 0.717) is 12.3 Å². The molecule has 22 heavy (non-hydrogen) atoms. The highest BCUT2D eigenvalue weighted by Gasteiger charge is 2.29.